The molecule has 0 aliphatic rings. The largest absolute Gasteiger partial charge is 0.450 e. The zero-order chi connectivity index (χ0) is 16.8. The maximum atomic E-state index is 11.6. The normalized spacial score (nSPS) is 10.3. The van der Waals surface area contributed by atoms with Crippen LogP contribution in [0.15, 0.2) is 29.4 Å². The van der Waals surface area contributed by atoms with Gasteiger partial charge in [0.15, 0.2) is 5.82 Å². The predicted octanol–water partition coefficient (Wildman–Crippen LogP) is 1.68. The van der Waals surface area contributed by atoms with Crippen LogP contribution in [0.5, 0.6) is 0 Å². The van der Waals surface area contributed by atoms with Crippen molar-refractivity contribution in [2.24, 2.45) is 0 Å². The zero-order valence-electron chi connectivity index (χ0n) is 12.2. The van der Waals surface area contributed by atoms with Crippen molar-refractivity contribution < 1.29 is 14.3 Å². The molecule has 0 fully saturated rings. The van der Waals surface area contributed by atoms with E-state index in [4.69, 9.17) is 17.4 Å². The van der Waals surface area contributed by atoms with Gasteiger partial charge in [-0.3, -0.25) is 10.1 Å². The van der Waals surface area contributed by atoms with Gasteiger partial charge in [0, 0.05) is 10.6 Å². The number of thioether (sulfide) groups is 1. The number of rotatable bonds is 5. The van der Waals surface area contributed by atoms with Crippen LogP contribution in [0.4, 0.5) is 4.79 Å². The molecule has 0 saturated carbocycles. The van der Waals surface area contributed by atoms with Gasteiger partial charge in [-0.2, -0.15) is 0 Å². The Hall–Kier alpha value is -2.26. The van der Waals surface area contributed by atoms with Gasteiger partial charge >= 0.3 is 6.09 Å². The number of nitrogen functional groups attached to an aromatic ring is 1. The Morgan fingerprint density at radius 2 is 2.22 bits per heavy atom. The predicted molar refractivity (Wildman–Crippen MR) is 86.5 cm³/mol. The van der Waals surface area contributed by atoms with E-state index >= 15 is 0 Å². The summed E-state index contributed by atoms with van der Waals surface area (Å²) in [4.78, 5) is 22.7. The molecule has 2 amide bonds. The number of carbonyl (C=O) groups is 2. The molecule has 0 aliphatic heterocycles. The molecule has 0 bridgehead atoms. The lowest BCUT2D eigenvalue weighted by atomic mass is 10.2. The summed E-state index contributed by atoms with van der Waals surface area (Å²) in [5.74, 6) is 5.78. The molecule has 1 aromatic heterocycles. The Morgan fingerprint density at radius 3 is 2.91 bits per heavy atom. The third kappa shape index (κ3) is 4.60. The van der Waals surface area contributed by atoms with E-state index in [0.29, 0.717) is 21.6 Å². The molecular weight excluding hydrogens is 342 g/mol. The summed E-state index contributed by atoms with van der Waals surface area (Å²) in [6.45, 7) is 1.83. The smallest absolute Gasteiger partial charge is 0.413 e. The third-order valence-corrected chi connectivity index (χ3v) is 3.77. The van der Waals surface area contributed by atoms with Crippen molar-refractivity contribution in [3.05, 3.63) is 29.3 Å². The topological polar surface area (TPSA) is 112 Å². The van der Waals surface area contributed by atoms with Gasteiger partial charge in [0.1, 0.15) is 0 Å². The average Bonchev–Trinajstić information content (AvgIpc) is 2.86. The van der Waals surface area contributed by atoms with Crippen LogP contribution >= 0.6 is 23.4 Å². The zero-order valence-corrected chi connectivity index (χ0v) is 13.7. The van der Waals surface area contributed by atoms with Gasteiger partial charge in [0.05, 0.1) is 12.4 Å². The number of alkyl carbamates (subject to hydrolysis) is 1. The molecule has 2 rings (SSSR count). The summed E-state index contributed by atoms with van der Waals surface area (Å²) in [5.41, 5.74) is 0.704. The van der Waals surface area contributed by atoms with Gasteiger partial charge in [-0.25, -0.2) is 9.47 Å². The second-order valence-corrected chi connectivity index (χ2v) is 5.62. The number of carbonyl (C=O) groups excluding carboxylic acids is 2. The first-order valence-corrected chi connectivity index (χ1v) is 7.93. The number of nitrogens with two attached hydrogens (primary N) is 1. The van der Waals surface area contributed by atoms with Crippen LogP contribution in [0.25, 0.3) is 11.4 Å². The summed E-state index contributed by atoms with van der Waals surface area (Å²) < 4.78 is 5.87. The number of aromatic nitrogens is 3. The van der Waals surface area contributed by atoms with Crippen LogP contribution in [0.2, 0.25) is 5.02 Å². The van der Waals surface area contributed by atoms with Crippen molar-refractivity contribution in [1.29, 1.82) is 0 Å². The lowest BCUT2D eigenvalue weighted by molar-refractivity contribution is -0.117. The Morgan fingerprint density at radius 1 is 1.43 bits per heavy atom. The molecule has 2 aromatic rings. The van der Waals surface area contributed by atoms with Crippen molar-refractivity contribution in [2.75, 3.05) is 18.2 Å². The number of ether oxygens (including phenoxy) is 1. The molecule has 0 spiro atoms. The first-order chi connectivity index (χ1) is 11.0. The van der Waals surface area contributed by atoms with Crippen molar-refractivity contribution in [3.8, 4) is 11.4 Å². The summed E-state index contributed by atoms with van der Waals surface area (Å²) in [6.07, 6.45) is -0.785. The standard InChI is InChI=1S/C13H14ClN5O3S/c1-2-22-13(21)16-10(20)7-23-12-18-17-11(19(12)15)8-4-3-5-9(14)6-8/h3-6H,2,7,15H2,1H3,(H,16,20,21). The molecule has 0 saturated heterocycles. The van der Waals surface area contributed by atoms with Gasteiger partial charge in [0.25, 0.3) is 0 Å². The van der Waals surface area contributed by atoms with Crippen LogP contribution in [0, 0.1) is 0 Å². The molecule has 23 heavy (non-hydrogen) atoms. The highest BCUT2D eigenvalue weighted by Gasteiger charge is 2.15. The fourth-order valence-electron chi connectivity index (χ4n) is 1.65. The summed E-state index contributed by atoms with van der Waals surface area (Å²) in [5, 5.41) is 10.9. The van der Waals surface area contributed by atoms with Crippen molar-refractivity contribution in [1.82, 2.24) is 20.2 Å². The molecule has 0 aliphatic carbocycles. The quantitative estimate of drug-likeness (QED) is 0.619. The first-order valence-electron chi connectivity index (χ1n) is 6.57. The molecule has 1 aromatic carbocycles. The Labute approximate surface area is 141 Å². The van der Waals surface area contributed by atoms with E-state index in [-0.39, 0.29) is 12.4 Å². The summed E-state index contributed by atoms with van der Waals surface area (Å²) in [6, 6.07) is 7.00. The maximum Gasteiger partial charge on any atom is 0.413 e. The van der Waals surface area contributed by atoms with Gasteiger partial charge in [0.2, 0.25) is 11.1 Å². The molecule has 0 atom stereocenters. The number of hydrogen-bond donors (Lipinski definition) is 2. The number of imide groups is 1. The fourth-order valence-corrected chi connectivity index (χ4v) is 2.49. The molecule has 10 heteroatoms. The second-order valence-electron chi connectivity index (χ2n) is 4.24. The number of hydrogen-bond acceptors (Lipinski definition) is 7. The molecule has 0 unspecified atom stereocenters. The Kier molecular flexibility index (Phi) is 5.83. The van der Waals surface area contributed by atoms with Gasteiger partial charge < -0.3 is 10.6 Å². The van der Waals surface area contributed by atoms with Crippen LogP contribution in [0.1, 0.15) is 6.92 Å². The van der Waals surface area contributed by atoms with Crippen LogP contribution in [0.3, 0.4) is 0 Å². The highest BCUT2D eigenvalue weighted by Crippen LogP contribution is 2.23. The minimum Gasteiger partial charge on any atom is -0.450 e. The monoisotopic (exact) mass is 355 g/mol. The lowest BCUT2D eigenvalue weighted by Gasteiger charge is -2.05. The van der Waals surface area contributed by atoms with E-state index in [1.807, 2.05) is 0 Å². The number of benzene rings is 1. The number of halogens is 1. The van der Waals surface area contributed by atoms with Gasteiger partial charge in [-0.15, -0.1) is 10.2 Å². The second kappa shape index (κ2) is 7.84. The third-order valence-electron chi connectivity index (χ3n) is 2.60. The highest BCUT2D eigenvalue weighted by molar-refractivity contribution is 7.99. The van der Waals surface area contributed by atoms with E-state index in [0.717, 1.165) is 11.8 Å². The number of amides is 2. The highest BCUT2D eigenvalue weighted by atomic mass is 35.5. The fraction of sp³-hybridized carbons (Fsp3) is 0.231. The van der Waals surface area contributed by atoms with Crippen LogP contribution < -0.4 is 11.2 Å². The minimum atomic E-state index is -0.785. The van der Waals surface area contributed by atoms with E-state index in [2.05, 4.69) is 20.3 Å². The molecule has 8 nitrogen and oxygen atoms in total. The first kappa shape index (κ1) is 17.1. The van der Waals surface area contributed by atoms with Crippen LogP contribution in [-0.2, 0) is 9.53 Å². The van der Waals surface area contributed by atoms with E-state index in [1.54, 1.807) is 31.2 Å². The van der Waals surface area contributed by atoms with Gasteiger partial charge in [-0.1, -0.05) is 35.5 Å². The SMILES string of the molecule is CCOC(=O)NC(=O)CSc1nnc(-c2cccc(Cl)c2)n1N. The summed E-state index contributed by atoms with van der Waals surface area (Å²) in [7, 11) is 0. The van der Waals surface area contributed by atoms with E-state index in [1.165, 1.54) is 4.68 Å². The summed E-state index contributed by atoms with van der Waals surface area (Å²) >= 11 is 6.98. The number of nitrogens with one attached hydrogen (secondary N) is 1. The molecule has 122 valence electrons. The van der Waals surface area contributed by atoms with E-state index < -0.39 is 12.0 Å². The molecule has 1 heterocycles. The van der Waals surface area contributed by atoms with Gasteiger partial charge in [-0.05, 0) is 19.1 Å². The van der Waals surface area contributed by atoms with Crippen LogP contribution in [-0.4, -0.2) is 39.2 Å². The Bertz CT molecular complexity index is 721. The van der Waals surface area contributed by atoms with E-state index in [9.17, 15) is 9.59 Å². The van der Waals surface area contributed by atoms with Crippen molar-refractivity contribution in [2.45, 2.75) is 12.1 Å². The lowest BCUT2D eigenvalue weighted by Crippen LogP contribution is -2.32. The number of nitrogens with zero attached hydrogens (tertiary/aromatic N) is 3. The molecular formula is C13H14ClN5O3S. The average molecular weight is 356 g/mol. The Balaban J connectivity index is 2.00. The maximum absolute atomic E-state index is 11.6. The van der Waals surface area contributed by atoms with Crippen molar-refractivity contribution >= 4 is 35.4 Å². The van der Waals surface area contributed by atoms with Crippen molar-refractivity contribution in [3.63, 3.8) is 0 Å². The minimum absolute atomic E-state index is 0.0519. The molecule has 0 radical (unpaired) electrons. The molecule has 3 N–H and O–H groups in total.